The van der Waals surface area contributed by atoms with E-state index >= 15 is 0 Å². The van der Waals surface area contributed by atoms with E-state index in [2.05, 4.69) is 5.32 Å². The lowest BCUT2D eigenvalue weighted by Gasteiger charge is -2.08. The van der Waals surface area contributed by atoms with Crippen LogP contribution in [-0.4, -0.2) is 37.3 Å². The second kappa shape index (κ2) is 10.6. The summed E-state index contributed by atoms with van der Waals surface area (Å²) in [6.45, 7) is -0.414. The fourth-order valence-electron chi connectivity index (χ4n) is 2.40. The molecule has 2 aromatic carbocycles. The molecular weight excluding hydrogens is 378 g/mol. The van der Waals surface area contributed by atoms with Gasteiger partial charge < -0.3 is 24.7 Å². The minimum atomic E-state index is -1.20. The molecular formula is C21H20NO7-. The molecule has 1 amide bonds. The average Bonchev–Trinajstić information content (AvgIpc) is 2.72. The number of Topliss-reactive ketones (excluding diaryl/α,β-unsaturated/α-hetero) is 1. The topological polar surface area (TPSA) is 122 Å². The number of carboxylic acid groups (broad SMARTS) is 1. The number of aliphatic carboxylic acids is 1. The van der Waals surface area contributed by atoms with Gasteiger partial charge in [-0.2, -0.15) is 0 Å². The van der Waals surface area contributed by atoms with Crippen LogP contribution in [0.5, 0.6) is 5.75 Å². The zero-order chi connectivity index (χ0) is 21.2. The number of carbonyl (C=O) groups is 4. The minimum absolute atomic E-state index is 0.0458. The Morgan fingerprint density at radius 3 is 2.34 bits per heavy atom. The molecule has 2 rings (SSSR count). The SMILES string of the molecule is COc1cccc(C(=O)COC(=O)c2ccc(NC(=O)CCCC(=O)[O-])cc2)c1. The first-order chi connectivity index (χ1) is 13.9. The van der Waals surface area contributed by atoms with Crippen molar-refractivity contribution in [2.24, 2.45) is 0 Å². The molecule has 0 unspecified atom stereocenters. The lowest BCUT2D eigenvalue weighted by atomic mass is 10.1. The molecule has 29 heavy (non-hydrogen) atoms. The zero-order valence-corrected chi connectivity index (χ0v) is 15.8. The van der Waals surface area contributed by atoms with Crippen molar-refractivity contribution in [2.45, 2.75) is 19.3 Å². The molecule has 0 aliphatic rings. The summed E-state index contributed by atoms with van der Waals surface area (Å²) >= 11 is 0. The number of hydrogen-bond acceptors (Lipinski definition) is 7. The van der Waals surface area contributed by atoms with Crippen LogP contribution in [0.25, 0.3) is 0 Å². The van der Waals surface area contributed by atoms with Gasteiger partial charge in [0, 0.05) is 23.6 Å². The molecule has 0 heterocycles. The van der Waals surface area contributed by atoms with E-state index in [4.69, 9.17) is 9.47 Å². The van der Waals surface area contributed by atoms with Gasteiger partial charge in [0.15, 0.2) is 12.4 Å². The summed E-state index contributed by atoms with van der Waals surface area (Å²) in [6.07, 6.45) is 0.0384. The van der Waals surface area contributed by atoms with Crippen LogP contribution in [0.15, 0.2) is 48.5 Å². The van der Waals surface area contributed by atoms with E-state index in [-0.39, 0.29) is 36.5 Å². The number of rotatable bonds is 10. The maximum atomic E-state index is 12.1. The van der Waals surface area contributed by atoms with Gasteiger partial charge in [-0.25, -0.2) is 4.79 Å². The van der Waals surface area contributed by atoms with Gasteiger partial charge in [-0.3, -0.25) is 9.59 Å². The Labute approximate surface area is 167 Å². The molecule has 8 heteroatoms. The molecule has 0 aromatic heterocycles. The first kappa shape index (κ1) is 21.6. The zero-order valence-electron chi connectivity index (χ0n) is 15.8. The van der Waals surface area contributed by atoms with Gasteiger partial charge in [0.2, 0.25) is 5.91 Å². The number of amides is 1. The molecule has 0 fully saturated rings. The van der Waals surface area contributed by atoms with Crippen molar-refractivity contribution < 1.29 is 33.8 Å². The number of ether oxygens (including phenoxy) is 2. The Kier molecular flexibility index (Phi) is 7.90. The van der Waals surface area contributed by atoms with Crippen molar-refractivity contribution in [1.29, 1.82) is 0 Å². The van der Waals surface area contributed by atoms with Crippen molar-refractivity contribution in [3.8, 4) is 5.75 Å². The summed E-state index contributed by atoms with van der Waals surface area (Å²) in [4.78, 5) is 46.3. The molecule has 8 nitrogen and oxygen atoms in total. The van der Waals surface area contributed by atoms with Crippen LogP contribution in [0, 0.1) is 0 Å². The maximum Gasteiger partial charge on any atom is 0.338 e. The Balaban J connectivity index is 1.84. The van der Waals surface area contributed by atoms with Gasteiger partial charge in [0.05, 0.1) is 12.7 Å². The van der Waals surface area contributed by atoms with E-state index < -0.39 is 18.5 Å². The first-order valence-corrected chi connectivity index (χ1v) is 8.83. The molecule has 0 saturated carbocycles. The number of benzene rings is 2. The highest BCUT2D eigenvalue weighted by molar-refractivity contribution is 5.99. The standard InChI is InChI=1S/C21H21NO7/c1-28-17-5-2-4-15(12-17)18(23)13-29-21(27)14-8-10-16(11-9-14)22-19(24)6-3-7-20(25)26/h2,4-5,8-12H,3,6-7,13H2,1H3,(H,22,24)(H,25,26)/p-1. The highest BCUT2D eigenvalue weighted by Crippen LogP contribution is 2.14. The van der Waals surface area contributed by atoms with Gasteiger partial charge in [-0.15, -0.1) is 0 Å². The van der Waals surface area contributed by atoms with Gasteiger partial charge in [-0.1, -0.05) is 12.1 Å². The predicted molar refractivity (Wildman–Crippen MR) is 102 cm³/mol. The van der Waals surface area contributed by atoms with Gasteiger partial charge in [0.1, 0.15) is 5.75 Å². The number of nitrogens with one attached hydrogen (secondary N) is 1. The van der Waals surface area contributed by atoms with Crippen LogP contribution in [0.1, 0.15) is 40.0 Å². The van der Waals surface area contributed by atoms with Crippen molar-refractivity contribution in [1.82, 2.24) is 0 Å². The van der Waals surface area contributed by atoms with Gasteiger partial charge in [0.25, 0.3) is 0 Å². The Morgan fingerprint density at radius 2 is 1.69 bits per heavy atom. The fourth-order valence-corrected chi connectivity index (χ4v) is 2.40. The molecule has 0 bridgehead atoms. The second-order valence-corrected chi connectivity index (χ2v) is 6.08. The first-order valence-electron chi connectivity index (χ1n) is 8.83. The molecule has 1 N–H and O–H groups in total. The van der Waals surface area contributed by atoms with E-state index in [1.807, 2.05) is 0 Å². The highest BCUT2D eigenvalue weighted by Gasteiger charge is 2.13. The van der Waals surface area contributed by atoms with Gasteiger partial charge in [-0.05, 0) is 49.2 Å². The predicted octanol–water partition coefficient (Wildman–Crippen LogP) is 1.59. The number of anilines is 1. The number of methoxy groups -OCH3 is 1. The number of carbonyl (C=O) groups excluding carboxylic acids is 4. The van der Waals surface area contributed by atoms with Crippen LogP contribution < -0.4 is 15.2 Å². The smallest absolute Gasteiger partial charge is 0.338 e. The summed E-state index contributed by atoms with van der Waals surface area (Å²) in [7, 11) is 1.49. The quantitative estimate of drug-likeness (QED) is 0.476. The van der Waals surface area contributed by atoms with Crippen LogP contribution in [0.2, 0.25) is 0 Å². The van der Waals surface area contributed by atoms with E-state index in [0.29, 0.717) is 17.0 Å². The third kappa shape index (κ3) is 7.10. The molecule has 0 aliphatic carbocycles. The summed E-state index contributed by atoms with van der Waals surface area (Å²) in [5.41, 5.74) is 1.04. The Morgan fingerprint density at radius 1 is 0.966 bits per heavy atom. The van der Waals surface area contributed by atoms with Crippen molar-refractivity contribution >= 4 is 29.3 Å². The highest BCUT2D eigenvalue weighted by atomic mass is 16.5. The van der Waals surface area contributed by atoms with E-state index in [9.17, 15) is 24.3 Å². The summed E-state index contributed by atoms with van der Waals surface area (Å²) in [5.74, 6) is -2.05. The third-order valence-corrected chi connectivity index (χ3v) is 3.92. The average molecular weight is 398 g/mol. The lowest BCUT2D eigenvalue weighted by molar-refractivity contribution is -0.305. The minimum Gasteiger partial charge on any atom is -0.550 e. The number of hydrogen-bond donors (Lipinski definition) is 1. The number of esters is 1. The van der Waals surface area contributed by atoms with Gasteiger partial charge >= 0.3 is 5.97 Å². The molecule has 0 spiro atoms. The lowest BCUT2D eigenvalue weighted by Crippen LogP contribution is -2.22. The van der Waals surface area contributed by atoms with Crippen molar-refractivity contribution in [3.63, 3.8) is 0 Å². The van der Waals surface area contributed by atoms with Crippen LogP contribution in [-0.2, 0) is 14.3 Å². The summed E-state index contributed by atoms with van der Waals surface area (Å²) in [6, 6.07) is 12.5. The Bertz CT molecular complexity index is 890. The van der Waals surface area contributed by atoms with Crippen LogP contribution >= 0.6 is 0 Å². The van der Waals surface area contributed by atoms with Crippen LogP contribution in [0.4, 0.5) is 5.69 Å². The van der Waals surface area contributed by atoms with Crippen LogP contribution in [0.3, 0.4) is 0 Å². The van der Waals surface area contributed by atoms with Crippen molar-refractivity contribution in [3.05, 3.63) is 59.7 Å². The number of ketones is 1. The molecule has 2 aromatic rings. The molecule has 0 atom stereocenters. The fraction of sp³-hybridized carbons (Fsp3) is 0.238. The summed E-state index contributed by atoms with van der Waals surface area (Å²) < 4.78 is 10.1. The second-order valence-electron chi connectivity index (χ2n) is 6.08. The Hall–Kier alpha value is -3.68. The molecule has 0 saturated heterocycles. The monoisotopic (exact) mass is 398 g/mol. The van der Waals surface area contributed by atoms with E-state index in [1.54, 1.807) is 24.3 Å². The maximum absolute atomic E-state index is 12.1. The summed E-state index contributed by atoms with van der Waals surface area (Å²) in [5, 5.41) is 12.9. The van der Waals surface area contributed by atoms with E-state index in [0.717, 1.165) is 0 Å². The largest absolute Gasteiger partial charge is 0.550 e. The molecule has 0 aliphatic heterocycles. The van der Waals surface area contributed by atoms with Crippen molar-refractivity contribution in [2.75, 3.05) is 19.0 Å². The normalized spacial score (nSPS) is 10.1. The third-order valence-electron chi connectivity index (χ3n) is 3.92. The molecule has 152 valence electrons. The molecule has 0 radical (unpaired) electrons. The van der Waals surface area contributed by atoms with E-state index in [1.165, 1.54) is 31.4 Å². The number of carboxylic acids is 1.